The number of rotatable bonds is 6. The zero-order valence-electron chi connectivity index (χ0n) is 10.6. The van der Waals surface area contributed by atoms with Gasteiger partial charge in [0.05, 0.1) is 0 Å². The van der Waals surface area contributed by atoms with Gasteiger partial charge in [-0.15, -0.1) is 0 Å². The van der Waals surface area contributed by atoms with Crippen LogP contribution in [-0.2, 0) is 9.53 Å². The molecule has 0 aromatic carbocycles. The second-order valence-corrected chi connectivity index (χ2v) is 5.16. The molecule has 0 aromatic heterocycles. The number of aldehydes is 1. The minimum Gasteiger partial charge on any atom is -0.381 e. The van der Waals surface area contributed by atoms with Gasteiger partial charge in [-0.2, -0.15) is 0 Å². The second kappa shape index (κ2) is 7.09. The van der Waals surface area contributed by atoms with Gasteiger partial charge in [-0.05, 0) is 25.3 Å². The molecular weight excluding hydrogens is 216 g/mol. The average molecular weight is 240 g/mol. The Morgan fingerprint density at radius 3 is 2.41 bits per heavy atom. The molecule has 2 rings (SSSR count). The lowest BCUT2D eigenvalue weighted by molar-refractivity contribution is -0.108. The van der Waals surface area contributed by atoms with Crippen LogP contribution >= 0.6 is 0 Å². The van der Waals surface area contributed by atoms with Crippen molar-refractivity contribution < 1.29 is 9.53 Å². The molecule has 0 aliphatic carbocycles. The number of piperazine rings is 1. The monoisotopic (exact) mass is 240 g/mol. The highest BCUT2D eigenvalue weighted by Crippen LogP contribution is 2.17. The van der Waals surface area contributed by atoms with Gasteiger partial charge in [0.1, 0.15) is 6.29 Å². The largest absolute Gasteiger partial charge is 0.381 e. The maximum atomic E-state index is 10.3. The Bertz CT molecular complexity index is 221. The Labute approximate surface area is 104 Å². The fraction of sp³-hybridized carbons (Fsp3) is 0.923. The lowest BCUT2D eigenvalue weighted by Gasteiger charge is -2.34. The molecule has 98 valence electrons. The van der Waals surface area contributed by atoms with E-state index in [1.165, 1.54) is 19.4 Å². The van der Waals surface area contributed by atoms with Crippen LogP contribution in [0.3, 0.4) is 0 Å². The molecule has 2 heterocycles. The summed E-state index contributed by atoms with van der Waals surface area (Å²) >= 11 is 0. The maximum Gasteiger partial charge on any atom is 0.121 e. The molecule has 2 aliphatic heterocycles. The molecule has 0 spiro atoms. The number of hydrogen-bond acceptors (Lipinski definition) is 4. The van der Waals surface area contributed by atoms with E-state index in [9.17, 15) is 4.79 Å². The lowest BCUT2D eigenvalue weighted by atomic mass is 10.0. The molecule has 0 N–H and O–H groups in total. The van der Waals surface area contributed by atoms with Crippen LogP contribution in [0.2, 0.25) is 0 Å². The van der Waals surface area contributed by atoms with Crippen LogP contribution in [0.15, 0.2) is 0 Å². The van der Waals surface area contributed by atoms with Crippen molar-refractivity contribution in [3.8, 4) is 0 Å². The number of hydrogen-bond donors (Lipinski definition) is 0. The van der Waals surface area contributed by atoms with Crippen LogP contribution in [0.1, 0.15) is 19.3 Å². The van der Waals surface area contributed by atoms with E-state index in [1.54, 1.807) is 0 Å². The molecule has 2 saturated heterocycles. The van der Waals surface area contributed by atoms with Crippen molar-refractivity contribution in [1.29, 1.82) is 0 Å². The number of nitrogens with zero attached hydrogens (tertiary/aromatic N) is 2. The molecule has 0 aromatic rings. The first-order chi connectivity index (χ1) is 8.38. The third-order valence-corrected chi connectivity index (χ3v) is 3.91. The van der Waals surface area contributed by atoms with Crippen molar-refractivity contribution >= 4 is 6.29 Å². The molecule has 4 nitrogen and oxygen atoms in total. The van der Waals surface area contributed by atoms with Gasteiger partial charge < -0.3 is 19.3 Å². The van der Waals surface area contributed by atoms with E-state index in [4.69, 9.17) is 4.74 Å². The van der Waals surface area contributed by atoms with Crippen molar-refractivity contribution in [2.75, 3.05) is 52.5 Å². The number of carbonyl (C=O) groups is 1. The number of ether oxygens (including phenoxy) is 1. The van der Waals surface area contributed by atoms with Gasteiger partial charge in [-0.3, -0.25) is 0 Å². The minimum absolute atomic E-state index is 0.680. The highest BCUT2D eigenvalue weighted by Gasteiger charge is 2.19. The summed E-state index contributed by atoms with van der Waals surface area (Å²) < 4.78 is 5.40. The first kappa shape index (κ1) is 13.0. The molecule has 0 bridgehead atoms. The van der Waals surface area contributed by atoms with Crippen LogP contribution in [-0.4, -0.2) is 68.6 Å². The quantitative estimate of drug-likeness (QED) is 0.637. The Morgan fingerprint density at radius 1 is 1.12 bits per heavy atom. The first-order valence-corrected chi connectivity index (χ1v) is 6.84. The predicted octanol–water partition coefficient (Wildman–Crippen LogP) is 0.620. The molecule has 1 atom stereocenters. The molecule has 2 aliphatic rings. The SMILES string of the molecule is O=CCCN1CCN(CCC2CCOC2)CC1. The van der Waals surface area contributed by atoms with Crippen molar-refractivity contribution in [2.24, 2.45) is 5.92 Å². The summed E-state index contributed by atoms with van der Waals surface area (Å²) in [6.07, 6.45) is 4.24. The summed E-state index contributed by atoms with van der Waals surface area (Å²) in [5.41, 5.74) is 0. The van der Waals surface area contributed by atoms with Crippen LogP contribution in [0.25, 0.3) is 0 Å². The van der Waals surface area contributed by atoms with Gasteiger partial charge in [0.2, 0.25) is 0 Å². The first-order valence-electron chi connectivity index (χ1n) is 6.84. The fourth-order valence-corrected chi connectivity index (χ4v) is 2.65. The van der Waals surface area contributed by atoms with Crippen LogP contribution in [0.4, 0.5) is 0 Å². The van der Waals surface area contributed by atoms with Gasteiger partial charge in [0.15, 0.2) is 0 Å². The molecule has 4 heteroatoms. The third-order valence-electron chi connectivity index (χ3n) is 3.91. The summed E-state index contributed by atoms with van der Waals surface area (Å²) in [5.74, 6) is 0.795. The molecular formula is C13H24N2O2. The fourth-order valence-electron chi connectivity index (χ4n) is 2.65. The Kier molecular flexibility index (Phi) is 5.42. The third kappa shape index (κ3) is 4.37. The second-order valence-electron chi connectivity index (χ2n) is 5.16. The van der Waals surface area contributed by atoms with Gasteiger partial charge in [-0.1, -0.05) is 0 Å². The van der Waals surface area contributed by atoms with Gasteiger partial charge in [0, 0.05) is 52.4 Å². The van der Waals surface area contributed by atoms with E-state index in [1.807, 2.05) is 0 Å². The summed E-state index contributed by atoms with van der Waals surface area (Å²) in [4.78, 5) is 15.3. The normalized spacial score (nSPS) is 27.4. The average Bonchev–Trinajstić information content (AvgIpc) is 2.88. The van der Waals surface area contributed by atoms with E-state index >= 15 is 0 Å². The van der Waals surface area contributed by atoms with E-state index in [0.717, 1.165) is 58.1 Å². The molecule has 0 amide bonds. The van der Waals surface area contributed by atoms with E-state index < -0.39 is 0 Å². The highest BCUT2D eigenvalue weighted by atomic mass is 16.5. The Balaban J connectivity index is 1.56. The zero-order chi connectivity index (χ0) is 11.9. The molecule has 2 fully saturated rings. The minimum atomic E-state index is 0.680. The maximum absolute atomic E-state index is 10.3. The summed E-state index contributed by atoms with van der Waals surface area (Å²) in [6, 6.07) is 0. The van der Waals surface area contributed by atoms with Gasteiger partial charge in [0.25, 0.3) is 0 Å². The summed E-state index contributed by atoms with van der Waals surface area (Å²) in [5, 5.41) is 0. The lowest BCUT2D eigenvalue weighted by Crippen LogP contribution is -2.47. The van der Waals surface area contributed by atoms with Crippen LogP contribution in [0, 0.1) is 5.92 Å². The molecule has 0 radical (unpaired) electrons. The molecule has 17 heavy (non-hydrogen) atoms. The van der Waals surface area contributed by atoms with E-state index in [-0.39, 0.29) is 0 Å². The Morgan fingerprint density at radius 2 is 1.82 bits per heavy atom. The summed E-state index contributed by atoms with van der Waals surface area (Å²) in [6.45, 7) is 8.65. The van der Waals surface area contributed by atoms with Gasteiger partial charge in [-0.25, -0.2) is 0 Å². The Hall–Kier alpha value is -0.450. The van der Waals surface area contributed by atoms with Crippen LogP contribution < -0.4 is 0 Å². The molecule has 0 saturated carbocycles. The smallest absolute Gasteiger partial charge is 0.121 e. The van der Waals surface area contributed by atoms with Crippen LogP contribution in [0.5, 0.6) is 0 Å². The van der Waals surface area contributed by atoms with E-state index in [2.05, 4.69) is 9.80 Å². The molecule has 1 unspecified atom stereocenters. The van der Waals surface area contributed by atoms with Crippen molar-refractivity contribution in [3.05, 3.63) is 0 Å². The number of carbonyl (C=O) groups excluding carboxylic acids is 1. The van der Waals surface area contributed by atoms with E-state index in [0.29, 0.717) is 6.42 Å². The summed E-state index contributed by atoms with van der Waals surface area (Å²) in [7, 11) is 0. The predicted molar refractivity (Wildman–Crippen MR) is 67.1 cm³/mol. The highest BCUT2D eigenvalue weighted by molar-refractivity contribution is 5.49. The topological polar surface area (TPSA) is 32.8 Å². The zero-order valence-corrected chi connectivity index (χ0v) is 10.6. The van der Waals surface area contributed by atoms with Gasteiger partial charge >= 0.3 is 0 Å². The standard InChI is InChI=1S/C13H24N2O2/c16-10-1-4-14-6-8-15(9-7-14)5-2-13-3-11-17-12-13/h10,13H,1-9,11-12H2. The van der Waals surface area contributed by atoms with Crippen molar-refractivity contribution in [1.82, 2.24) is 9.80 Å². The van der Waals surface area contributed by atoms with Crippen molar-refractivity contribution in [3.63, 3.8) is 0 Å². The van der Waals surface area contributed by atoms with Crippen molar-refractivity contribution in [2.45, 2.75) is 19.3 Å².